The van der Waals surface area contributed by atoms with Gasteiger partial charge in [-0.2, -0.15) is 0 Å². The van der Waals surface area contributed by atoms with Gasteiger partial charge < -0.3 is 14.9 Å². The molecule has 124 valence electrons. The third kappa shape index (κ3) is 4.00. The van der Waals surface area contributed by atoms with Crippen molar-refractivity contribution < 1.29 is 29.3 Å². The summed E-state index contributed by atoms with van der Waals surface area (Å²) in [7, 11) is 0. The summed E-state index contributed by atoms with van der Waals surface area (Å²) in [6.07, 6.45) is -2.26. The van der Waals surface area contributed by atoms with Crippen LogP contribution in [0.3, 0.4) is 0 Å². The quantitative estimate of drug-likeness (QED) is 0.807. The first-order valence-electron chi connectivity index (χ1n) is 7.21. The van der Waals surface area contributed by atoms with Crippen molar-refractivity contribution in [3.05, 3.63) is 29.8 Å². The Morgan fingerprint density at radius 1 is 1.22 bits per heavy atom. The molecule has 0 saturated heterocycles. The van der Waals surface area contributed by atoms with E-state index in [0.29, 0.717) is 5.69 Å². The van der Waals surface area contributed by atoms with Crippen LogP contribution >= 0.6 is 0 Å². The van der Waals surface area contributed by atoms with Crippen LogP contribution in [-0.4, -0.2) is 34.5 Å². The Kier molecular flexibility index (Phi) is 4.58. The van der Waals surface area contributed by atoms with Crippen LogP contribution in [0.2, 0.25) is 0 Å². The molecule has 1 aliphatic heterocycles. The topological polar surface area (TPSA) is 104 Å². The molecule has 2 N–H and O–H groups in total. The van der Waals surface area contributed by atoms with Crippen molar-refractivity contribution in [2.75, 3.05) is 4.90 Å². The maximum Gasteiger partial charge on any atom is 0.507 e. The van der Waals surface area contributed by atoms with Gasteiger partial charge in [-0.15, -0.1) is 0 Å². The highest BCUT2D eigenvalue weighted by Gasteiger charge is 2.38. The van der Waals surface area contributed by atoms with E-state index in [1.807, 2.05) is 6.07 Å². The first-order chi connectivity index (χ1) is 10.7. The fourth-order valence-electron chi connectivity index (χ4n) is 2.83. The van der Waals surface area contributed by atoms with Crippen LogP contribution in [0.15, 0.2) is 24.3 Å². The number of para-hydroxylation sites is 1. The Morgan fingerprint density at radius 2 is 1.87 bits per heavy atom. The molecule has 1 aromatic carbocycles. The van der Waals surface area contributed by atoms with Gasteiger partial charge in [-0.25, -0.2) is 4.79 Å². The van der Waals surface area contributed by atoms with Gasteiger partial charge in [-0.05, 0) is 17.0 Å². The lowest BCUT2D eigenvalue weighted by atomic mass is 9.85. The molecular formula is C16H19NO6. The van der Waals surface area contributed by atoms with E-state index in [2.05, 4.69) is 0 Å². The lowest BCUT2D eigenvalue weighted by Gasteiger charge is -2.29. The third-order valence-corrected chi connectivity index (χ3v) is 3.70. The lowest BCUT2D eigenvalue weighted by Crippen LogP contribution is -2.42. The number of carbonyl (C=O) groups excluding carboxylic acids is 1. The summed E-state index contributed by atoms with van der Waals surface area (Å²) in [4.78, 5) is 35.7. The lowest BCUT2D eigenvalue weighted by molar-refractivity contribution is -0.139. The van der Waals surface area contributed by atoms with E-state index >= 15 is 0 Å². The van der Waals surface area contributed by atoms with Gasteiger partial charge in [-0.3, -0.25) is 14.5 Å². The van der Waals surface area contributed by atoms with Crippen molar-refractivity contribution in [3.8, 4) is 0 Å². The Bertz CT molecular complexity index is 639. The van der Waals surface area contributed by atoms with Crippen molar-refractivity contribution in [2.45, 2.75) is 39.3 Å². The fourth-order valence-corrected chi connectivity index (χ4v) is 2.83. The Balaban J connectivity index is 2.24. The molecule has 0 aromatic heterocycles. The van der Waals surface area contributed by atoms with Crippen molar-refractivity contribution in [3.63, 3.8) is 0 Å². The number of rotatable bonds is 5. The zero-order chi connectivity index (χ0) is 17.2. The van der Waals surface area contributed by atoms with Gasteiger partial charge in [0, 0.05) is 12.8 Å². The maximum absolute atomic E-state index is 12.7. The summed E-state index contributed by atoms with van der Waals surface area (Å²) < 4.78 is 4.83. The van der Waals surface area contributed by atoms with E-state index < -0.39 is 23.8 Å². The molecule has 7 heteroatoms. The van der Waals surface area contributed by atoms with Crippen LogP contribution in [0.25, 0.3) is 0 Å². The minimum absolute atomic E-state index is 0.0207. The molecule has 1 aliphatic rings. The van der Waals surface area contributed by atoms with Crippen LogP contribution in [0.1, 0.15) is 32.3 Å². The second kappa shape index (κ2) is 6.28. The minimum atomic E-state index is -1.45. The smallest absolute Gasteiger partial charge is 0.481 e. The number of hydrogen-bond donors (Lipinski definition) is 2. The van der Waals surface area contributed by atoms with Crippen molar-refractivity contribution in [1.29, 1.82) is 0 Å². The van der Waals surface area contributed by atoms with Crippen LogP contribution < -0.4 is 4.90 Å². The summed E-state index contributed by atoms with van der Waals surface area (Å²) in [5.41, 5.74) is 0.687. The maximum atomic E-state index is 12.7. The molecule has 1 aromatic rings. The normalized spacial score (nSPS) is 16.8. The van der Waals surface area contributed by atoms with Crippen molar-refractivity contribution in [2.24, 2.45) is 5.41 Å². The van der Waals surface area contributed by atoms with Gasteiger partial charge in [0.25, 0.3) is 0 Å². The average molecular weight is 321 g/mol. The zero-order valence-corrected chi connectivity index (χ0v) is 13.0. The number of carboxylic acids is 1. The van der Waals surface area contributed by atoms with Crippen LogP contribution in [0, 0.1) is 5.41 Å². The summed E-state index contributed by atoms with van der Waals surface area (Å²) in [5.74, 6) is -1.34. The summed E-state index contributed by atoms with van der Waals surface area (Å²) >= 11 is 0. The zero-order valence-electron chi connectivity index (χ0n) is 13.0. The van der Waals surface area contributed by atoms with E-state index in [1.165, 1.54) is 4.90 Å². The number of carboxylic acid groups (broad SMARTS) is 2. The van der Waals surface area contributed by atoms with E-state index in [-0.39, 0.29) is 25.2 Å². The Labute approximate surface area is 133 Å². The predicted molar refractivity (Wildman–Crippen MR) is 81.2 cm³/mol. The van der Waals surface area contributed by atoms with Gasteiger partial charge in [-0.1, -0.05) is 32.0 Å². The van der Waals surface area contributed by atoms with Gasteiger partial charge >= 0.3 is 12.1 Å². The molecule has 0 spiro atoms. The van der Waals surface area contributed by atoms with E-state index in [0.717, 1.165) is 5.56 Å². The number of carbonyl (C=O) groups is 3. The molecule has 1 atom stereocenters. The molecule has 2 rings (SSSR count). The second-order valence-electron chi connectivity index (χ2n) is 6.35. The molecule has 0 unspecified atom stereocenters. The van der Waals surface area contributed by atoms with Crippen molar-refractivity contribution >= 4 is 23.7 Å². The fraction of sp³-hybridized carbons (Fsp3) is 0.438. The number of aliphatic carboxylic acids is 1. The largest absolute Gasteiger partial charge is 0.507 e. The van der Waals surface area contributed by atoms with Gasteiger partial charge in [0.2, 0.25) is 5.91 Å². The van der Waals surface area contributed by atoms with Gasteiger partial charge in [0.05, 0.1) is 12.1 Å². The molecule has 23 heavy (non-hydrogen) atoms. The van der Waals surface area contributed by atoms with Gasteiger partial charge in [0.1, 0.15) is 0 Å². The SMILES string of the molecule is CC(C)(CC(=O)O)CC(=O)N1c2ccccc2C[C@@H]1OC(=O)O. The summed E-state index contributed by atoms with van der Waals surface area (Å²) in [6.45, 7) is 3.38. The summed E-state index contributed by atoms with van der Waals surface area (Å²) in [5, 5.41) is 17.8. The van der Waals surface area contributed by atoms with E-state index in [1.54, 1.807) is 32.0 Å². The molecule has 1 heterocycles. The highest BCUT2D eigenvalue weighted by molar-refractivity contribution is 5.96. The highest BCUT2D eigenvalue weighted by atomic mass is 16.7. The monoisotopic (exact) mass is 321 g/mol. The van der Waals surface area contributed by atoms with E-state index in [4.69, 9.17) is 14.9 Å². The number of fused-ring (bicyclic) bond motifs is 1. The van der Waals surface area contributed by atoms with Crippen LogP contribution in [0.5, 0.6) is 0 Å². The van der Waals surface area contributed by atoms with Crippen LogP contribution in [-0.2, 0) is 20.7 Å². The minimum Gasteiger partial charge on any atom is -0.481 e. The molecule has 1 amide bonds. The number of ether oxygens (including phenoxy) is 1. The molecule has 0 aliphatic carbocycles. The predicted octanol–water partition coefficient (Wildman–Crippen LogP) is 2.49. The molecule has 0 bridgehead atoms. The first kappa shape index (κ1) is 16.8. The Hall–Kier alpha value is -2.57. The first-order valence-corrected chi connectivity index (χ1v) is 7.21. The number of benzene rings is 1. The second-order valence-corrected chi connectivity index (χ2v) is 6.35. The number of anilines is 1. The molecule has 0 radical (unpaired) electrons. The molecular weight excluding hydrogens is 302 g/mol. The van der Waals surface area contributed by atoms with Gasteiger partial charge in [0.15, 0.2) is 6.23 Å². The van der Waals surface area contributed by atoms with Crippen LogP contribution in [0.4, 0.5) is 10.5 Å². The summed E-state index contributed by atoms with van der Waals surface area (Å²) in [6, 6.07) is 7.09. The molecule has 0 fully saturated rings. The number of hydrogen-bond acceptors (Lipinski definition) is 4. The van der Waals surface area contributed by atoms with E-state index in [9.17, 15) is 14.4 Å². The number of amides is 1. The average Bonchev–Trinajstić information content (AvgIpc) is 2.72. The molecule has 7 nitrogen and oxygen atoms in total. The third-order valence-electron chi connectivity index (χ3n) is 3.70. The number of nitrogens with zero attached hydrogens (tertiary/aromatic N) is 1. The molecule has 0 saturated carbocycles. The Morgan fingerprint density at radius 3 is 2.48 bits per heavy atom. The standard InChI is InChI=1S/C16H19NO6/c1-16(2,9-14(19)20)8-12(18)17-11-6-4-3-5-10(11)7-13(17)23-15(21)22/h3-6,13H,7-9H2,1-2H3,(H,19,20)(H,21,22)/t13-/m0/s1. The highest BCUT2D eigenvalue weighted by Crippen LogP contribution is 2.35. The van der Waals surface area contributed by atoms with Crippen molar-refractivity contribution in [1.82, 2.24) is 0 Å².